The summed E-state index contributed by atoms with van der Waals surface area (Å²) in [5, 5.41) is 11.1. The standard InChI is InChI=1S/C17H14F3N3O/c1-23(9-12-4-2-3-11(7-12)8-21)10-15(24)22-14-6-5-13(18)16(19)17(14)20/h2-7H,9-10H2,1H3,(H,22,24)/p+1. The number of anilines is 1. The zero-order valence-corrected chi connectivity index (χ0v) is 12.9. The molecule has 124 valence electrons. The molecular formula is C17H15F3N3O+. The highest BCUT2D eigenvalue weighted by atomic mass is 19.2. The number of amides is 1. The quantitative estimate of drug-likeness (QED) is 0.817. The van der Waals surface area contributed by atoms with Gasteiger partial charge in [-0.15, -0.1) is 0 Å². The van der Waals surface area contributed by atoms with E-state index in [4.69, 9.17) is 5.26 Å². The molecule has 1 unspecified atom stereocenters. The van der Waals surface area contributed by atoms with E-state index in [0.717, 1.165) is 22.6 Å². The van der Waals surface area contributed by atoms with Crippen LogP contribution in [0.2, 0.25) is 0 Å². The van der Waals surface area contributed by atoms with E-state index in [0.29, 0.717) is 12.1 Å². The van der Waals surface area contributed by atoms with Crippen LogP contribution in [0.25, 0.3) is 0 Å². The molecule has 0 aliphatic rings. The maximum absolute atomic E-state index is 13.5. The van der Waals surface area contributed by atoms with E-state index in [1.807, 2.05) is 12.1 Å². The Labute approximate surface area is 137 Å². The summed E-state index contributed by atoms with van der Waals surface area (Å²) >= 11 is 0. The van der Waals surface area contributed by atoms with Gasteiger partial charge in [-0.25, -0.2) is 13.2 Å². The lowest BCUT2D eigenvalue weighted by Gasteiger charge is -2.14. The minimum absolute atomic E-state index is 0.00475. The van der Waals surface area contributed by atoms with Crippen LogP contribution in [0.5, 0.6) is 0 Å². The number of hydrogen-bond acceptors (Lipinski definition) is 2. The summed E-state index contributed by atoms with van der Waals surface area (Å²) in [6.45, 7) is 0.471. The number of hydrogen-bond donors (Lipinski definition) is 2. The molecule has 0 heterocycles. The summed E-state index contributed by atoms with van der Waals surface area (Å²) < 4.78 is 39.5. The molecule has 0 radical (unpaired) electrons. The van der Waals surface area contributed by atoms with Gasteiger partial charge in [0.15, 0.2) is 24.0 Å². The minimum Gasteiger partial charge on any atom is -0.326 e. The molecule has 1 amide bonds. The first-order valence-corrected chi connectivity index (χ1v) is 7.14. The summed E-state index contributed by atoms with van der Waals surface area (Å²) in [5.41, 5.74) is 0.991. The first-order chi connectivity index (χ1) is 11.4. The van der Waals surface area contributed by atoms with Crippen LogP contribution >= 0.6 is 0 Å². The number of nitrogens with zero attached hydrogens (tertiary/aromatic N) is 1. The smallest absolute Gasteiger partial charge is 0.279 e. The number of nitrogens with one attached hydrogen (secondary N) is 2. The maximum Gasteiger partial charge on any atom is 0.279 e. The summed E-state index contributed by atoms with van der Waals surface area (Å²) in [5.74, 6) is -4.90. The molecule has 1 atom stereocenters. The highest BCUT2D eigenvalue weighted by Gasteiger charge is 2.17. The van der Waals surface area contributed by atoms with Crippen LogP contribution in [-0.2, 0) is 11.3 Å². The summed E-state index contributed by atoms with van der Waals surface area (Å²) in [6, 6.07) is 10.7. The highest BCUT2D eigenvalue weighted by molar-refractivity contribution is 5.91. The Bertz CT molecular complexity index is 802. The number of quaternary nitrogens is 1. The average molecular weight is 334 g/mol. The molecule has 0 fully saturated rings. The molecule has 2 aromatic carbocycles. The van der Waals surface area contributed by atoms with Crippen molar-refractivity contribution >= 4 is 11.6 Å². The third-order valence-electron chi connectivity index (χ3n) is 3.33. The number of carbonyl (C=O) groups is 1. The molecular weight excluding hydrogens is 319 g/mol. The summed E-state index contributed by atoms with van der Waals surface area (Å²) in [7, 11) is 1.75. The van der Waals surface area contributed by atoms with Crippen molar-refractivity contribution in [3.63, 3.8) is 0 Å². The van der Waals surface area contributed by atoms with Gasteiger partial charge >= 0.3 is 0 Å². The van der Waals surface area contributed by atoms with Crippen molar-refractivity contribution < 1.29 is 22.9 Å². The van der Waals surface area contributed by atoms with E-state index >= 15 is 0 Å². The van der Waals surface area contributed by atoms with Crippen LogP contribution in [0.15, 0.2) is 36.4 Å². The summed E-state index contributed by atoms with van der Waals surface area (Å²) in [6.07, 6.45) is 0. The molecule has 0 saturated heterocycles. The number of nitriles is 1. The van der Waals surface area contributed by atoms with Crippen molar-refractivity contribution in [1.82, 2.24) is 0 Å². The monoisotopic (exact) mass is 334 g/mol. The fraction of sp³-hybridized carbons (Fsp3) is 0.176. The predicted octanol–water partition coefficient (Wildman–Crippen LogP) is 1.63. The number of likely N-dealkylation sites (N-methyl/N-ethyl adjacent to an activating group) is 1. The van der Waals surface area contributed by atoms with Gasteiger partial charge in [0.2, 0.25) is 0 Å². The molecule has 0 aromatic heterocycles. The largest absolute Gasteiger partial charge is 0.326 e. The van der Waals surface area contributed by atoms with Crippen molar-refractivity contribution in [2.24, 2.45) is 0 Å². The van der Waals surface area contributed by atoms with E-state index in [-0.39, 0.29) is 6.54 Å². The average Bonchev–Trinajstić information content (AvgIpc) is 2.55. The molecule has 4 nitrogen and oxygen atoms in total. The lowest BCUT2D eigenvalue weighted by Crippen LogP contribution is -3.08. The zero-order valence-electron chi connectivity index (χ0n) is 12.9. The number of rotatable bonds is 5. The Morgan fingerprint density at radius 1 is 1.21 bits per heavy atom. The molecule has 0 aliphatic heterocycles. The van der Waals surface area contributed by atoms with E-state index in [1.54, 1.807) is 25.2 Å². The van der Waals surface area contributed by atoms with Crippen molar-refractivity contribution in [1.29, 1.82) is 5.26 Å². The van der Waals surface area contributed by atoms with Gasteiger partial charge < -0.3 is 10.2 Å². The molecule has 0 bridgehead atoms. The van der Waals surface area contributed by atoms with Crippen LogP contribution < -0.4 is 10.2 Å². The number of benzene rings is 2. The van der Waals surface area contributed by atoms with E-state index < -0.39 is 29.0 Å². The number of carbonyl (C=O) groups excluding carboxylic acids is 1. The SMILES string of the molecule is C[NH+](CC(=O)Nc1ccc(F)c(F)c1F)Cc1cccc(C#N)c1. The van der Waals surface area contributed by atoms with Gasteiger partial charge in [-0.2, -0.15) is 5.26 Å². The lowest BCUT2D eigenvalue weighted by atomic mass is 10.1. The van der Waals surface area contributed by atoms with Crippen molar-refractivity contribution in [3.05, 3.63) is 65.0 Å². The van der Waals surface area contributed by atoms with E-state index in [1.165, 1.54) is 0 Å². The van der Waals surface area contributed by atoms with Gasteiger partial charge in [0.25, 0.3) is 5.91 Å². The van der Waals surface area contributed by atoms with E-state index in [9.17, 15) is 18.0 Å². The Morgan fingerprint density at radius 2 is 1.96 bits per heavy atom. The number of halogens is 3. The molecule has 0 saturated carbocycles. The molecule has 0 aliphatic carbocycles. The van der Waals surface area contributed by atoms with Crippen LogP contribution in [-0.4, -0.2) is 19.5 Å². The second-order valence-corrected chi connectivity index (χ2v) is 5.39. The molecule has 24 heavy (non-hydrogen) atoms. The van der Waals surface area contributed by atoms with Gasteiger partial charge in [0.05, 0.1) is 24.4 Å². The lowest BCUT2D eigenvalue weighted by molar-refractivity contribution is -0.885. The second kappa shape index (κ2) is 7.62. The minimum atomic E-state index is -1.62. The molecule has 2 N–H and O–H groups in total. The molecule has 7 heteroatoms. The predicted molar refractivity (Wildman–Crippen MR) is 81.6 cm³/mol. The third-order valence-corrected chi connectivity index (χ3v) is 3.33. The topological polar surface area (TPSA) is 57.3 Å². The second-order valence-electron chi connectivity index (χ2n) is 5.39. The van der Waals surface area contributed by atoms with Gasteiger partial charge in [0.1, 0.15) is 6.54 Å². The van der Waals surface area contributed by atoms with Crippen LogP contribution in [0, 0.1) is 28.8 Å². The van der Waals surface area contributed by atoms with Gasteiger partial charge in [0, 0.05) is 5.56 Å². The maximum atomic E-state index is 13.5. The van der Waals surface area contributed by atoms with Crippen LogP contribution in [0.1, 0.15) is 11.1 Å². The van der Waals surface area contributed by atoms with Gasteiger partial charge in [-0.3, -0.25) is 4.79 Å². The molecule has 2 rings (SSSR count). The van der Waals surface area contributed by atoms with Gasteiger partial charge in [-0.05, 0) is 24.3 Å². The highest BCUT2D eigenvalue weighted by Crippen LogP contribution is 2.19. The Balaban J connectivity index is 1.97. The Hall–Kier alpha value is -2.85. The first kappa shape index (κ1) is 17.5. The first-order valence-electron chi connectivity index (χ1n) is 7.14. The van der Waals surface area contributed by atoms with Crippen molar-refractivity contribution in [2.45, 2.75) is 6.54 Å². The summed E-state index contributed by atoms with van der Waals surface area (Å²) in [4.78, 5) is 12.7. The third kappa shape index (κ3) is 4.33. The van der Waals surface area contributed by atoms with Crippen molar-refractivity contribution in [2.75, 3.05) is 18.9 Å². The normalized spacial score (nSPS) is 11.6. The molecule has 2 aromatic rings. The molecule has 0 spiro atoms. The fourth-order valence-electron chi connectivity index (χ4n) is 2.25. The van der Waals surface area contributed by atoms with Gasteiger partial charge in [-0.1, -0.05) is 12.1 Å². The van der Waals surface area contributed by atoms with Crippen molar-refractivity contribution in [3.8, 4) is 6.07 Å². The zero-order chi connectivity index (χ0) is 17.7. The fourth-order valence-corrected chi connectivity index (χ4v) is 2.25. The van der Waals surface area contributed by atoms with Crippen LogP contribution in [0.3, 0.4) is 0 Å². The Morgan fingerprint density at radius 3 is 2.67 bits per heavy atom. The van der Waals surface area contributed by atoms with Crippen LogP contribution in [0.4, 0.5) is 18.9 Å². The van der Waals surface area contributed by atoms with E-state index in [2.05, 4.69) is 5.32 Å². The Kier molecular flexibility index (Phi) is 5.55.